The summed E-state index contributed by atoms with van der Waals surface area (Å²) in [5, 5.41) is 0. The Bertz CT molecular complexity index is 586. The van der Waals surface area contributed by atoms with Gasteiger partial charge in [-0.1, -0.05) is 24.3 Å². The molecule has 4 heteroatoms. The van der Waals surface area contributed by atoms with Crippen LogP contribution in [0.15, 0.2) is 42.5 Å². The number of hydrogen-bond acceptors (Lipinski definition) is 3. The SMILES string of the molecule is CCOc1ccccc1C(N)c1ccc(OC)c(F)c1. The lowest BCUT2D eigenvalue weighted by molar-refractivity contribution is 0.335. The van der Waals surface area contributed by atoms with Gasteiger partial charge in [-0.3, -0.25) is 0 Å². The molecule has 106 valence electrons. The van der Waals surface area contributed by atoms with Crippen LogP contribution < -0.4 is 15.2 Å². The quantitative estimate of drug-likeness (QED) is 0.910. The second-order valence-electron chi connectivity index (χ2n) is 4.34. The van der Waals surface area contributed by atoms with E-state index in [1.54, 1.807) is 12.1 Å². The first-order valence-corrected chi connectivity index (χ1v) is 6.48. The predicted molar refractivity (Wildman–Crippen MR) is 76.6 cm³/mol. The highest BCUT2D eigenvalue weighted by Gasteiger charge is 2.15. The molecule has 0 spiro atoms. The fraction of sp³-hybridized carbons (Fsp3) is 0.250. The van der Waals surface area contributed by atoms with E-state index >= 15 is 0 Å². The maximum absolute atomic E-state index is 13.8. The lowest BCUT2D eigenvalue weighted by Gasteiger charge is -2.17. The standard InChI is InChI=1S/C16H18FNO2/c1-3-20-14-7-5-4-6-12(14)16(18)11-8-9-15(19-2)13(17)10-11/h4-10,16H,3,18H2,1-2H3. The molecular weight excluding hydrogens is 257 g/mol. The third kappa shape index (κ3) is 2.91. The number of halogens is 1. The number of rotatable bonds is 5. The van der Waals surface area contributed by atoms with Crippen LogP contribution in [0, 0.1) is 5.82 Å². The van der Waals surface area contributed by atoms with Gasteiger partial charge in [0.25, 0.3) is 0 Å². The Morgan fingerprint density at radius 3 is 2.55 bits per heavy atom. The van der Waals surface area contributed by atoms with Gasteiger partial charge in [0.15, 0.2) is 11.6 Å². The van der Waals surface area contributed by atoms with E-state index in [9.17, 15) is 4.39 Å². The molecule has 2 aromatic carbocycles. The van der Waals surface area contributed by atoms with Crippen molar-refractivity contribution in [2.45, 2.75) is 13.0 Å². The van der Waals surface area contributed by atoms with Crippen molar-refractivity contribution in [3.63, 3.8) is 0 Å². The van der Waals surface area contributed by atoms with Crippen LogP contribution in [0.5, 0.6) is 11.5 Å². The molecular formula is C16H18FNO2. The molecule has 0 heterocycles. The zero-order valence-electron chi connectivity index (χ0n) is 11.6. The van der Waals surface area contributed by atoms with Gasteiger partial charge in [-0.25, -0.2) is 4.39 Å². The topological polar surface area (TPSA) is 44.5 Å². The predicted octanol–water partition coefficient (Wildman–Crippen LogP) is 3.28. The van der Waals surface area contributed by atoms with Crippen LogP contribution >= 0.6 is 0 Å². The summed E-state index contributed by atoms with van der Waals surface area (Å²) in [6, 6.07) is 11.8. The fourth-order valence-electron chi connectivity index (χ4n) is 2.08. The Morgan fingerprint density at radius 2 is 1.90 bits per heavy atom. The summed E-state index contributed by atoms with van der Waals surface area (Å²) >= 11 is 0. The minimum absolute atomic E-state index is 0.207. The zero-order chi connectivity index (χ0) is 14.5. The smallest absolute Gasteiger partial charge is 0.165 e. The van der Waals surface area contributed by atoms with Gasteiger partial charge in [-0.15, -0.1) is 0 Å². The van der Waals surface area contributed by atoms with Crippen LogP contribution in [0.1, 0.15) is 24.1 Å². The molecule has 0 amide bonds. The molecule has 1 unspecified atom stereocenters. The Kier molecular flexibility index (Phi) is 4.58. The number of methoxy groups -OCH3 is 1. The molecule has 1 atom stereocenters. The van der Waals surface area contributed by atoms with Gasteiger partial charge < -0.3 is 15.2 Å². The minimum atomic E-state index is -0.446. The van der Waals surface area contributed by atoms with Gasteiger partial charge in [0.2, 0.25) is 0 Å². The van der Waals surface area contributed by atoms with Crippen LogP contribution in [0.2, 0.25) is 0 Å². The van der Waals surface area contributed by atoms with Crippen molar-refractivity contribution in [3.05, 3.63) is 59.4 Å². The largest absolute Gasteiger partial charge is 0.494 e. The van der Waals surface area contributed by atoms with E-state index in [0.717, 1.165) is 11.3 Å². The number of nitrogens with two attached hydrogens (primary N) is 1. The second-order valence-corrected chi connectivity index (χ2v) is 4.34. The Labute approximate surface area is 118 Å². The molecule has 0 aliphatic rings. The molecule has 0 aromatic heterocycles. The van der Waals surface area contributed by atoms with Gasteiger partial charge in [0, 0.05) is 5.56 Å². The van der Waals surface area contributed by atoms with E-state index in [1.807, 2.05) is 31.2 Å². The molecule has 2 aromatic rings. The van der Waals surface area contributed by atoms with Gasteiger partial charge in [0.05, 0.1) is 19.8 Å². The molecule has 0 radical (unpaired) electrons. The van der Waals surface area contributed by atoms with Crippen molar-refractivity contribution in [2.75, 3.05) is 13.7 Å². The average molecular weight is 275 g/mol. The highest BCUT2D eigenvalue weighted by molar-refractivity contribution is 5.42. The van der Waals surface area contributed by atoms with E-state index < -0.39 is 11.9 Å². The normalized spacial score (nSPS) is 12.0. The van der Waals surface area contributed by atoms with Crippen LogP contribution in [-0.4, -0.2) is 13.7 Å². The summed E-state index contributed by atoms with van der Waals surface area (Å²) < 4.78 is 24.2. The second kappa shape index (κ2) is 6.39. The lowest BCUT2D eigenvalue weighted by Crippen LogP contribution is -2.14. The van der Waals surface area contributed by atoms with Crippen molar-refractivity contribution in [1.82, 2.24) is 0 Å². The Balaban J connectivity index is 2.36. The van der Waals surface area contributed by atoms with Crippen LogP contribution in [0.3, 0.4) is 0 Å². The van der Waals surface area contributed by atoms with Crippen molar-refractivity contribution in [3.8, 4) is 11.5 Å². The molecule has 2 rings (SSSR count). The number of hydrogen-bond donors (Lipinski definition) is 1. The molecule has 0 aliphatic carbocycles. The van der Waals surface area contributed by atoms with Crippen LogP contribution in [0.25, 0.3) is 0 Å². The highest BCUT2D eigenvalue weighted by atomic mass is 19.1. The van der Waals surface area contributed by atoms with E-state index in [0.29, 0.717) is 12.2 Å². The van der Waals surface area contributed by atoms with E-state index in [2.05, 4.69) is 0 Å². The summed E-state index contributed by atoms with van der Waals surface area (Å²) in [6.45, 7) is 2.47. The van der Waals surface area contributed by atoms with Crippen molar-refractivity contribution in [2.24, 2.45) is 5.73 Å². The number of benzene rings is 2. The monoisotopic (exact) mass is 275 g/mol. The third-order valence-electron chi connectivity index (χ3n) is 3.09. The molecule has 0 saturated carbocycles. The number of para-hydroxylation sites is 1. The minimum Gasteiger partial charge on any atom is -0.494 e. The first-order valence-electron chi connectivity index (χ1n) is 6.48. The molecule has 0 fully saturated rings. The molecule has 0 bridgehead atoms. The number of ether oxygens (including phenoxy) is 2. The van der Waals surface area contributed by atoms with Crippen molar-refractivity contribution >= 4 is 0 Å². The fourth-order valence-corrected chi connectivity index (χ4v) is 2.08. The molecule has 0 saturated heterocycles. The average Bonchev–Trinajstić information content (AvgIpc) is 2.47. The van der Waals surface area contributed by atoms with E-state index in [4.69, 9.17) is 15.2 Å². The molecule has 0 aliphatic heterocycles. The van der Waals surface area contributed by atoms with Crippen molar-refractivity contribution in [1.29, 1.82) is 0 Å². The molecule has 3 nitrogen and oxygen atoms in total. The highest BCUT2D eigenvalue weighted by Crippen LogP contribution is 2.30. The van der Waals surface area contributed by atoms with E-state index in [-0.39, 0.29) is 5.75 Å². The summed E-state index contributed by atoms with van der Waals surface area (Å²) in [4.78, 5) is 0. The maximum atomic E-state index is 13.8. The summed E-state index contributed by atoms with van der Waals surface area (Å²) in [6.07, 6.45) is 0. The first-order chi connectivity index (χ1) is 9.67. The van der Waals surface area contributed by atoms with Gasteiger partial charge >= 0.3 is 0 Å². The van der Waals surface area contributed by atoms with Gasteiger partial charge in [0.1, 0.15) is 5.75 Å². The van der Waals surface area contributed by atoms with E-state index in [1.165, 1.54) is 13.2 Å². The van der Waals surface area contributed by atoms with Crippen LogP contribution in [-0.2, 0) is 0 Å². The van der Waals surface area contributed by atoms with Crippen molar-refractivity contribution < 1.29 is 13.9 Å². The third-order valence-corrected chi connectivity index (χ3v) is 3.09. The summed E-state index contributed by atoms with van der Waals surface area (Å²) in [5.74, 6) is 0.507. The van der Waals surface area contributed by atoms with Crippen LogP contribution in [0.4, 0.5) is 4.39 Å². The molecule has 2 N–H and O–H groups in total. The Hall–Kier alpha value is -2.07. The summed E-state index contributed by atoms with van der Waals surface area (Å²) in [5.41, 5.74) is 7.73. The summed E-state index contributed by atoms with van der Waals surface area (Å²) in [7, 11) is 1.43. The van der Waals surface area contributed by atoms with Gasteiger partial charge in [-0.2, -0.15) is 0 Å². The maximum Gasteiger partial charge on any atom is 0.165 e. The van der Waals surface area contributed by atoms with Gasteiger partial charge in [-0.05, 0) is 30.7 Å². The lowest BCUT2D eigenvalue weighted by atomic mass is 9.98. The Morgan fingerprint density at radius 1 is 1.15 bits per heavy atom. The zero-order valence-corrected chi connectivity index (χ0v) is 11.6. The molecule has 20 heavy (non-hydrogen) atoms. The first kappa shape index (κ1) is 14.3.